The average Bonchev–Trinajstić information content (AvgIpc) is 2.46. The van der Waals surface area contributed by atoms with E-state index in [4.69, 9.17) is 10.5 Å². The van der Waals surface area contributed by atoms with E-state index in [-0.39, 0.29) is 23.8 Å². The molecule has 0 saturated heterocycles. The third-order valence-corrected chi connectivity index (χ3v) is 2.95. The van der Waals surface area contributed by atoms with Crippen molar-refractivity contribution in [3.63, 3.8) is 0 Å². The lowest BCUT2D eigenvalue weighted by Gasteiger charge is -2.24. The highest BCUT2D eigenvalue weighted by Gasteiger charge is 2.15. The number of hydrogen-bond donors (Lipinski definition) is 1. The van der Waals surface area contributed by atoms with Gasteiger partial charge in [0.2, 0.25) is 0 Å². The molecule has 0 amide bonds. The lowest BCUT2D eigenvalue weighted by molar-refractivity contribution is -0.383. The maximum atomic E-state index is 11.2. The summed E-state index contributed by atoms with van der Waals surface area (Å²) in [4.78, 5) is 23.3. The van der Waals surface area contributed by atoms with Gasteiger partial charge in [-0.15, -0.1) is 0 Å². The van der Waals surface area contributed by atoms with Crippen molar-refractivity contribution in [3.05, 3.63) is 28.3 Å². The average molecular weight is 297 g/mol. The zero-order valence-electron chi connectivity index (χ0n) is 12.1. The summed E-state index contributed by atoms with van der Waals surface area (Å²) in [6.07, 6.45) is 0.205. The van der Waals surface area contributed by atoms with Gasteiger partial charge in [0, 0.05) is 32.0 Å². The fourth-order valence-electron chi connectivity index (χ4n) is 1.80. The molecule has 0 unspecified atom stereocenters. The highest BCUT2D eigenvalue weighted by Crippen LogP contribution is 2.27. The zero-order chi connectivity index (χ0) is 15.8. The van der Waals surface area contributed by atoms with Crippen molar-refractivity contribution in [3.8, 4) is 0 Å². The minimum absolute atomic E-state index is 0.0815. The Morgan fingerprint density at radius 1 is 1.38 bits per heavy atom. The van der Waals surface area contributed by atoms with Gasteiger partial charge in [0.25, 0.3) is 5.69 Å². The van der Waals surface area contributed by atoms with E-state index in [0.717, 1.165) is 0 Å². The summed E-state index contributed by atoms with van der Waals surface area (Å²) >= 11 is 0. The van der Waals surface area contributed by atoms with Crippen LogP contribution in [0.4, 0.5) is 17.1 Å². The van der Waals surface area contributed by atoms with E-state index in [1.807, 2.05) is 4.90 Å². The number of ether oxygens (including phenoxy) is 2. The molecule has 1 aromatic rings. The minimum atomic E-state index is -0.535. The fourth-order valence-corrected chi connectivity index (χ4v) is 1.80. The first-order valence-electron chi connectivity index (χ1n) is 6.34. The molecule has 8 heteroatoms. The summed E-state index contributed by atoms with van der Waals surface area (Å²) in [6.45, 7) is 1.40. The Balaban J connectivity index is 2.88. The minimum Gasteiger partial charge on any atom is -0.469 e. The van der Waals surface area contributed by atoms with E-state index in [1.165, 1.54) is 19.2 Å². The van der Waals surface area contributed by atoms with Gasteiger partial charge in [-0.2, -0.15) is 0 Å². The van der Waals surface area contributed by atoms with Gasteiger partial charge in [-0.1, -0.05) is 0 Å². The van der Waals surface area contributed by atoms with Gasteiger partial charge in [0.05, 0.1) is 25.1 Å². The molecule has 0 aliphatic rings. The van der Waals surface area contributed by atoms with Crippen molar-refractivity contribution in [1.82, 2.24) is 0 Å². The van der Waals surface area contributed by atoms with Crippen LogP contribution in [-0.4, -0.2) is 44.8 Å². The number of methoxy groups -OCH3 is 2. The normalized spacial score (nSPS) is 10.2. The first-order valence-corrected chi connectivity index (χ1v) is 6.34. The fraction of sp³-hybridized carbons (Fsp3) is 0.462. The van der Waals surface area contributed by atoms with Crippen LogP contribution in [0.15, 0.2) is 18.2 Å². The molecule has 0 aromatic heterocycles. The third kappa shape index (κ3) is 4.92. The maximum Gasteiger partial charge on any atom is 0.307 e. The van der Waals surface area contributed by atoms with E-state index in [2.05, 4.69) is 4.74 Å². The number of carbonyl (C=O) groups is 1. The molecular formula is C13H19N3O5. The van der Waals surface area contributed by atoms with Crippen molar-refractivity contribution in [2.75, 3.05) is 44.5 Å². The number of benzene rings is 1. The summed E-state index contributed by atoms with van der Waals surface area (Å²) in [5.74, 6) is -0.327. The Hall–Kier alpha value is -2.35. The number of nitrogens with zero attached hydrogens (tertiary/aromatic N) is 2. The number of anilines is 2. The molecule has 0 atom stereocenters. The van der Waals surface area contributed by atoms with E-state index >= 15 is 0 Å². The van der Waals surface area contributed by atoms with Gasteiger partial charge >= 0.3 is 5.97 Å². The SMILES string of the molecule is COCCN(CCC(=O)OC)c1ccc([N+](=O)[O-])c(N)c1. The third-order valence-electron chi connectivity index (χ3n) is 2.95. The number of carbonyl (C=O) groups excluding carboxylic acids is 1. The zero-order valence-corrected chi connectivity index (χ0v) is 12.1. The van der Waals surface area contributed by atoms with Gasteiger partial charge < -0.3 is 20.1 Å². The van der Waals surface area contributed by atoms with E-state index in [1.54, 1.807) is 13.2 Å². The van der Waals surface area contributed by atoms with E-state index in [9.17, 15) is 14.9 Å². The van der Waals surface area contributed by atoms with Gasteiger partial charge in [0.1, 0.15) is 5.69 Å². The van der Waals surface area contributed by atoms with Crippen LogP contribution in [0.1, 0.15) is 6.42 Å². The summed E-state index contributed by atoms with van der Waals surface area (Å²) in [5.41, 5.74) is 6.31. The molecule has 0 spiro atoms. The molecule has 1 rings (SSSR count). The second-order valence-corrected chi connectivity index (χ2v) is 4.31. The predicted octanol–water partition coefficient (Wildman–Crippen LogP) is 1.19. The monoisotopic (exact) mass is 297 g/mol. The molecule has 0 radical (unpaired) electrons. The highest BCUT2D eigenvalue weighted by molar-refractivity contribution is 5.71. The number of nitro groups is 1. The molecule has 0 aliphatic carbocycles. The highest BCUT2D eigenvalue weighted by atomic mass is 16.6. The number of nitro benzene ring substituents is 1. The molecule has 0 fully saturated rings. The number of rotatable bonds is 8. The second kappa shape index (κ2) is 8.05. The summed E-state index contributed by atoms with van der Waals surface area (Å²) < 4.78 is 9.63. The first-order chi connectivity index (χ1) is 9.99. The van der Waals surface area contributed by atoms with Crippen molar-refractivity contribution >= 4 is 23.0 Å². The van der Waals surface area contributed by atoms with Crippen LogP contribution in [0.2, 0.25) is 0 Å². The number of nitrogens with two attached hydrogens (primary N) is 1. The van der Waals surface area contributed by atoms with Crippen LogP contribution in [0.3, 0.4) is 0 Å². The molecule has 0 bridgehead atoms. The van der Waals surface area contributed by atoms with Crippen molar-refractivity contribution < 1.29 is 19.2 Å². The van der Waals surface area contributed by atoms with Gasteiger partial charge in [-0.3, -0.25) is 14.9 Å². The van der Waals surface area contributed by atoms with E-state index in [0.29, 0.717) is 25.4 Å². The quantitative estimate of drug-likeness (QED) is 0.332. The molecule has 116 valence electrons. The van der Waals surface area contributed by atoms with Crippen LogP contribution in [-0.2, 0) is 14.3 Å². The summed E-state index contributed by atoms with van der Waals surface area (Å²) in [6, 6.07) is 4.47. The Labute approximate surface area is 122 Å². The molecule has 21 heavy (non-hydrogen) atoms. The van der Waals surface area contributed by atoms with Gasteiger partial charge in [0.15, 0.2) is 0 Å². The molecule has 1 aromatic carbocycles. The molecule has 0 aliphatic heterocycles. The Bertz CT molecular complexity index is 507. The van der Waals surface area contributed by atoms with Crippen LogP contribution < -0.4 is 10.6 Å². The largest absolute Gasteiger partial charge is 0.469 e. The van der Waals surface area contributed by atoms with Gasteiger partial charge in [-0.05, 0) is 12.1 Å². The molecule has 8 nitrogen and oxygen atoms in total. The smallest absolute Gasteiger partial charge is 0.307 e. The lowest BCUT2D eigenvalue weighted by Crippen LogP contribution is -2.30. The van der Waals surface area contributed by atoms with Crippen LogP contribution in [0.5, 0.6) is 0 Å². The molecule has 0 heterocycles. The number of hydrogen-bond acceptors (Lipinski definition) is 7. The molecule has 0 saturated carbocycles. The first kappa shape index (κ1) is 16.7. The lowest BCUT2D eigenvalue weighted by atomic mass is 10.2. The van der Waals surface area contributed by atoms with Crippen LogP contribution in [0.25, 0.3) is 0 Å². The van der Waals surface area contributed by atoms with Gasteiger partial charge in [-0.25, -0.2) is 0 Å². The summed E-state index contributed by atoms with van der Waals surface area (Å²) in [7, 11) is 2.90. The van der Waals surface area contributed by atoms with Crippen LogP contribution in [0, 0.1) is 10.1 Å². The molecule has 2 N–H and O–H groups in total. The van der Waals surface area contributed by atoms with Crippen molar-refractivity contribution in [2.24, 2.45) is 0 Å². The predicted molar refractivity (Wildman–Crippen MR) is 78.2 cm³/mol. The van der Waals surface area contributed by atoms with E-state index < -0.39 is 4.92 Å². The van der Waals surface area contributed by atoms with Crippen LogP contribution >= 0.6 is 0 Å². The second-order valence-electron chi connectivity index (χ2n) is 4.31. The van der Waals surface area contributed by atoms with Crippen molar-refractivity contribution in [2.45, 2.75) is 6.42 Å². The molecular weight excluding hydrogens is 278 g/mol. The standard InChI is InChI=1S/C13H19N3O5/c1-20-8-7-15(6-5-13(17)21-2)10-3-4-12(16(18)19)11(14)9-10/h3-4,9H,5-8,14H2,1-2H3. The number of esters is 1. The topological polar surface area (TPSA) is 108 Å². The number of nitrogen functional groups attached to an aromatic ring is 1. The maximum absolute atomic E-state index is 11.2. The van der Waals surface area contributed by atoms with Crippen molar-refractivity contribution in [1.29, 1.82) is 0 Å². The summed E-state index contributed by atoms with van der Waals surface area (Å²) in [5, 5.41) is 10.8. The Kier molecular flexibility index (Phi) is 6.41. The Morgan fingerprint density at radius 2 is 2.10 bits per heavy atom. The Morgan fingerprint density at radius 3 is 2.62 bits per heavy atom.